The maximum atomic E-state index is 14.0. The fourth-order valence-corrected chi connectivity index (χ4v) is 4.53. The first kappa shape index (κ1) is 15.9. The number of likely N-dealkylation sites (tertiary alicyclic amines) is 1. The van der Waals surface area contributed by atoms with Gasteiger partial charge in [0.15, 0.2) is 0 Å². The second-order valence-corrected chi connectivity index (χ2v) is 7.05. The molecule has 1 amide bonds. The van der Waals surface area contributed by atoms with E-state index >= 15 is 0 Å². The maximum Gasteiger partial charge on any atom is 0.308 e. The van der Waals surface area contributed by atoms with Gasteiger partial charge in [-0.1, -0.05) is 6.07 Å². The Kier molecular flexibility index (Phi) is 4.10. The van der Waals surface area contributed by atoms with Crippen molar-refractivity contribution in [2.75, 3.05) is 6.54 Å². The third-order valence-corrected chi connectivity index (χ3v) is 5.91. The summed E-state index contributed by atoms with van der Waals surface area (Å²) in [5, 5.41) is 9.79. The Hall–Kier alpha value is -1.95. The van der Waals surface area contributed by atoms with Crippen LogP contribution in [0.5, 0.6) is 0 Å². The second kappa shape index (κ2) is 5.92. The molecule has 4 nitrogen and oxygen atoms in total. The molecular formula is C17H18FNO3S. The van der Waals surface area contributed by atoms with Crippen LogP contribution in [0, 0.1) is 18.7 Å². The zero-order valence-corrected chi connectivity index (χ0v) is 13.8. The molecule has 1 fully saturated rings. The monoisotopic (exact) mass is 335 g/mol. The van der Waals surface area contributed by atoms with Gasteiger partial charge in [-0.25, -0.2) is 4.39 Å². The first-order valence-electron chi connectivity index (χ1n) is 7.63. The van der Waals surface area contributed by atoms with Crippen LogP contribution >= 0.6 is 11.3 Å². The SMILES string of the molecule is Cc1c(C(=O)N2CCC[C@@H](C(=O)O)[C@H]2C)sc2cccc(F)c12. The van der Waals surface area contributed by atoms with Crippen LogP contribution in [0.25, 0.3) is 10.1 Å². The lowest BCUT2D eigenvalue weighted by molar-refractivity contribution is -0.144. The molecule has 0 radical (unpaired) electrons. The summed E-state index contributed by atoms with van der Waals surface area (Å²) in [6.45, 7) is 4.07. The number of aryl methyl sites for hydroxylation is 1. The highest BCUT2D eigenvalue weighted by Crippen LogP contribution is 2.35. The topological polar surface area (TPSA) is 57.6 Å². The molecule has 2 heterocycles. The normalized spacial score (nSPS) is 21.6. The Balaban J connectivity index is 1.99. The maximum absolute atomic E-state index is 14.0. The van der Waals surface area contributed by atoms with Gasteiger partial charge in [-0.2, -0.15) is 0 Å². The predicted octanol–water partition coefficient (Wildman–Crippen LogP) is 3.67. The quantitative estimate of drug-likeness (QED) is 0.911. The lowest BCUT2D eigenvalue weighted by atomic mass is 9.90. The smallest absolute Gasteiger partial charge is 0.308 e. The zero-order chi connectivity index (χ0) is 16.7. The number of aliphatic carboxylic acids is 1. The average molecular weight is 335 g/mol. The molecule has 23 heavy (non-hydrogen) atoms. The summed E-state index contributed by atoms with van der Waals surface area (Å²) in [6.07, 6.45) is 1.26. The van der Waals surface area contributed by atoms with Crippen molar-refractivity contribution in [2.24, 2.45) is 5.92 Å². The van der Waals surface area contributed by atoms with E-state index in [0.717, 1.165) is 4.70 Å². The van der Waals surface area contributed by atoms with E-state index in [1.807, 2.05) is 0 Å². The highest BCUT2D eigenvalue weighted by molar-refractivity contribution is 7.21. The predicted molar refractivity (Wildman–Crippen MR) is 87.4 cm³/mol. The molecule has 1 N–H and O–H groups in total. The molecule has 1 saturated heterocycles. The number of carboxylic acids is 1. The highest BCUT2D eigenvalue weighted by atomic mass is 32.1. The summed E-state index contributed by atoms with van der Waals surface area (Å²) in [7, 11) is 0. The van der Waals surface area contributed by atoms with Crippen molar-refractivity contribution in [1.29, 1.82) is 0 Å². The first-order chi connectivity index (χ1) is 10.9. The van der Waals surface area contributed by atoms with Crippen LogP contribution in [0.15, 0.2) is 18.2 Å². The molecule has 1 aromatic carbocycles. The lowest BCUT2D eigenvalue weighted by Gasteiger charge is -2.37. The van der Waals surface area contributed by atoms with Crippen molar-refractivity contribution >= 4 is 33.3 Å². The summed E-state index contributed by atoms with van der Waals surface area (Å²) in [5.41, 5.74) is 0.637. The molecule has 6 heteroatoms. The number of carbonyl (C=O) groups excluding carboxylic acids is 1. The van der Waals surface area contributed by atoms with Crippen molar-refractivity contribution in [1.82, 2.24) is 4.90 Å². The minimum atomic E-state index is -0.867. The standard InChI is InChI=1S/C17H18FNO3S/c1-9-14-12(18)6-3-7-13(14)23-15(9)16(20)19-8-4-5-11(10(19)2)17(21)22/h3,6-7,10-11H,4-5,8H2,1-2H3,(H,21,22)/t10-,11-/m1/s1. The van der Waals surface area contributed by atoms with Gasteiger partial charge in [0, 0.05) is 22.7 Å². The van der Waals surface area contributed by atoms with Crippen LogP contribution in [0.1, 0.15) is 35.0 Å². The largest absolute Gasteiger partial charge is 0.481 e. The number of hydrogen-bond acceptors (Lipinski definition) is 3. The van der Waals surface area contributed by atoms with E-state index in [0.29, 0.717) is 35.2 Å². The summed E-state index contributed by atoms with van der Waals surface area (Å²) in [6, 6.07) is 4.46. The summed E-state index contributed by atoms with van der Waals surface area (Å²) in [4.78, 5) is 26.4. The molecule has 2 aromatic rings. The van der Waals surface area contributed by atoms with Crippen LogP contribution in [0.2, 0.25) is 0 Å². The Bertz CT molecular complexity index is 785. The molecule has 1 aromatic heterocycles. The van der Waals surface area contributed by atoms with Crippen LogP contribution in [0.4, 0.5) is 4.39 Å². The third-order valence-electron chi connectivity index (χ3n) is 4.66. The Morgan fingerprint density at radius 1 is 1.39 bits per heavy atom. The van der Waals surface area contributed by atoms with Gasteiger partial charge in [0.2, 0.25) is 0 Å². The van der Waals surface area contributed by atoms with E-state index in [9.17, 15) is 19.1 Å². The van der Waals surface area contributed by atoms with Gasteiger partial charge in [-0.05, 0) is 44.4 Å². The van der Waals surface area contributed by atoms with Crippen LogP contribution in [0.3, 0.4) is 0 Å². The number of rotatable bonds is 2. The average Bonchev–Trinajstić information content (AvgIpc) is 2.85. The number of fused-ring (bicyclic) bond motifs is 1. The minimum Gasteiger partial charge on any atom is -0.481 e. The van der Waals surface area contributed by atoms with Crippen LogP contribution in [-0.2, 0) is 4.79 Å². The number of carboxylic acid groups (broad SMARTS) is 1. The summed E-state index contributed by atoms with van der Waals surface area (Å²) < 4.78 is 14.8. The molecule has 122 valence electrons. The van der Waals surface area contributed by atoms with Gasteiger partial charge in [0.05, 0.1) is 10.8 Å². The van der Waals surface area contributed by atoms with Crippen LogP contribution in [-0.4, -0.2) is 34.5 Å². The van der Waals surface area contributed by atoms with Gasteiger partial charge in [0.1, 0.15) is 5.82 Å². The van der Waals surface area contributed by atoms with Gasteiger partial charge in [-0.3, -0.25) is 9.59 Å². The minimum absolute atomic E-state index is 0.193. The first-order valence-corrected chi connectivity index (χ1v) is 8.45. The molecule has 0 aliphatic carbocycles. The molecule has 0 saturated carbocycles. The van der Waals surface area contributed by atoms with Gasteiger partial charge in [0.25, 0.3) is 5.91 Å². The third kappa shape index (κ3) is 2.61. The number of amides is 1. The fourth-order valence-electron chi connectivity index (χ4n) is 3.35. The number of hydrogen-bond donors (Lipinski definition) is 1. The Morgan fingerprint density at radius 3 is 2.78 bits per heavy atom. The van der Waals surface area contributed by atoms with E-state index in [-0.39, 0.29) is 17.8 Å². The number of nitrogens with zero attached hydrogens (tertiary/aromatic N) is 1. The number of thiophene rings is 1. The van der Waals surface area contributed by atoms with Gasteiger partial charge in [-0.15, -0.1) is 11.3 Å². The molecule has 0 spiro atoms. The zero-order valence-electron chi connectivity index (χ0n) is 13.0. The highest BCUT2D eigenvalue weighted by Gasteiger charge is 2.36. The molecular weight excluding hydrogens is 317 g/mol. The molecule has 0 bridgehead atoms. The fraction of sp³-hybridized carbons (Fsp3) is 0.412. The van der Waals surface area contributed by atoms with E-state index in [1.54, 1.807) is 30.9 Å². The molecule has 2 atom stereocenters. The van der Waals surface area contributed by atoms with Gasteiger partial charge >= 0.3 is 5.97 Å². The summed E-state index contributed by atoms with van der Waals surface area (Å²) >= 11 is 1.27. The second-order valence-electron chi connectivity index (χ2n) is 6.00. The van der Waals surface area contributed by atoms with Crippen molar-refractivity contribution in [3.8, 4) is 0 Å². The van der Waals surface area contributed by atoms with Crippen molar-refractivity contribution < 1.29 is 19.1 Å². The Labute approximate surface area is 137 Å². The number of carbonyl (C=O) groups is 2. The van der Waals surface area contributed by atoms with E-state index in [2.05, 4.69) is 0 Å². The molecule has 0 unspecified atom stereocenters. The van der Waals surface area contributed by atoms with Crippen molar-refractivity contribution in [3.05, 3.63) is 34.5 Å². The van der Waals surface area contributed by atoms with Crippen molar-refractivity contribution in [2.45, 2.75) is 32.7 Å². The molecule has 1 aliphatic rings. The number of piperidine rings is 1. The molecule has 1 aliphatic heterocycles. The number of benzene rings is 1. The Morgan fingerprint density at radius 2 is 2.13 bits per heavy atom. The van der Waals surface area contributed by atoms with E-state index in [1.165, 1.54) is 17.4 Å². The van der Waals surface area contributed by atoms with E-state index < -0.39 is 11.9 Å². The summed E-state index contributed by atoms with van der Waals surface area (Å²) in [5.74, 6) is -1.93. The van der Waals surface area contributed by atoms with Gasteiger partial charge < -0.3 is 10.0 Å². The van der Waals surface area contributed by atoms with E-state index in [4.69, 9.17) is 0 Å². The number of halogens is 1. The van der Waals surface area contributed by atoms with Crippen molar-refractivity contribution in [3.63, 3.8) is 0 Å². The van der Waals surface area contributed by atoms with Crippen LogP contribution < -0.4 is 0 Å². The molecule has 3 rings (SSSR count). The lowest BCUT2D eigenvalue weighted by Crippen LogP contribution is -2.49.